The van der Waals surface area contributed by atoms with E-state index >= 15 is 0 Å². The molecule has 2 unspecified atom stereocenters. The van der Waals surface area contributed by atoms with Crippen molar-refractivity contribution in [2.45, 2.75) is 35.9 Å². The molecule has 1 fully saturated rings. The number of amides is 1. The van der Waals surface area contributed by atoms with Crippen LogP contribution in [0.5, 0.6) is 0 Å². The Labute approximate surface area is 152 Å². The standard InChI is InChI=1S/C18H22N2O3S2/c1-14(15-7-3-2-4-8-15)13-19-18(21)16-9-5-11-20(16)25(22,23)17-10-6-12-24-17/h2-4,6-8,10,12,14,16H,5,9,11,13H2,1H3,(H,19,21). The molecular formula is C18H22N2O3S2. The van der Waals surface area contributed by atoms with Crippen LogP contribution in [0.2, 0.25) is 0 Å². The van der Waals surface area contributed by atoms with E-state index in [4.69, 9.17) is 0 Å². The normalized spacial score (nSPS) is 19.6. The molecule has 0 saturated carbocycles. The molecule has 5 nitrogen and oxygen atoms in total. The maximum absolute atomic E-state index is 12.7. The summed E-state index contributed by atoms with van der Waals surface area (Å²) in [5, 5.41) is 4.66. The van der Waals surface area contributed by atoms with Gasteiger partial charge in [0.25, 0.3) is 10.0 Å². The van der Waals surface area contributed by atoms with Gasteiger partial charge in [-0.05, 0) is 35.8 Å². The van der Waals surface area contributed by atoms with Gasteiger partial charge in [0.1, 0.15) is 10.3 Å². The molecule has 0 bridgehead atoms. The quantitative estimate of drug-likeness (QED) is 0.840. The summed E-state index contributed by atoms with van der Waals surface area (Å²) in [5.41, 5.74) is 1.15. The number of nitrogens with zero attached hydrogens (tertiary/aromatic N) is 1. The van der Waals surface area contributed by atoms with Gasteiger partial charge in [-0.25, -0.2) is 8.42 Å². The van der Waals surface area contributed by atoms with E-state index in [-0.39, 0.29) is 11.8 Å². The third-order valence-electron chi connectivity index (χ3n) is 4.52. The fraction of sp³-hybridized carbons (Fsp3) is 0.389. The molecule has 2 atom stereocenters. The Morgan fingerprint density at radius 1 is 1.28 bits per heavy atom. The van der Waals surface area contributed by atoms with E-state index in [9.17, 15) is 13.2 Å². The van der Waals surface area contributed by atoms with Crippen molar-refractivity contribution < 1.29 is 13.2 Å². The van der Waals surface area contributed by atoms with Crippen LogP contribution in [0, 0.1) is 0 Å². The molecule has 25 heavy (non-hydrogen) atoms. The fourth-order valence-corrected chi connectivity index (χ4v) is 5.86. The number of benzene rings is 1. The van der Waals surface area contributed by atoms with Gasteiger partial charge in [0.05, 0.1) is 0 Å². The topological polar surface area (TPSA) is 66.5 Å². The van der Waals surface area contributed by atoms with E-state index in [2.05, 4.69) is 5.32 Å². The molecule has 1 aliphatic heterocycles. The second kappa shape index (κ2) is 7.68. The maximum Gasteiger partial charge on any atom is 0.253 e. The Hall–Kier alpha value is -1.70. The molecule has 1 aromatic carbocycles. The largest absolute Gasteiger partial charge is 0.354 e. The number of thiophene rings is 1. The zero-order valence-corrected chi connectivity index (χ0v) is 15.7. The van der Waals surface area contributed by atoms with E-state index in [1.807, 2.05) is 37.3 Å². The van der Waals surface area contributed by atoms with Crippen LogP contribution >= 0.6 is 11.3 Å². The molecule has 7 heteroatoms. The smallest absolute Gasteiger partial charge is 0.253 e. The molecule has 0 radical (unpaired) electrons. The highest BCUT2D eigenvalue weighted by Crippen LogP contribution is 2.28. The van der Waals surface area contributed by atoms with Crippen molar-refractivity contribution in [2.75, 3.05) is 13.1 Å². The second-order valence-electron chi connectivity index (χ2n) is 6.26. The summed E-state index contributed by atoms with van der Waals surface area (Å²) >= 11 is 1.18. The van der Waals surface area contributed by atoms with Crippen molar-refractivity contribution in [3.05, 3.63) is 53.4 Å². The van der Waals surface area contributed by atoms with E-state index in [0.29, 0.717) is 30.1 Å². The van der Waals surface area contributed by atoms with Crippen molar-refractivity contribution in [2.24, 2.45) is 0 Å². The lowest BCUT2D eigenvalue weighted by molar-refractivity contribution is -0.124. The lowest BCUT2D eigenvalue weighted by Gasteiger charge is -2.23. The van der Waals surface area contributed by atoms with Crippen LogP contribution in [0.25, 0.3) is 0 Å². The second-order valence-corrected chi connectivity index (χ2v) is 9.33. The number of carbonyl (C=O) groups excluding carboxylic acids is 1. The number of rotatable bonds is 6. The summed E-state index contributed by atoms with van der Waals surface area (Å²) in [4.78, 5) is 12.6. The van der Waals surface area contributed by atoms with Crippen LogP contribution in [-0.4, -0.2) is 37.8 Å². The molecule has 2 heterocycles. The van der Waals surface area contributed by atoms with E-state index in [1.165, 1.54) is 15.6 Å². The maximum atomic E-state index is 12.7. The third kappa shape index (κ3) is 3.94. The average molecular weight is 379 g/mol. The molecule has 1 amide bonds. The Morgan fingerprint density at radius 3 is 2.72 bits per heavy atom. The summed E-state index contributed by atoms with van der Waals surface area (Å²) in [6, 6.07) is 12.6. The first-order chi connectivity index (χ1) is 12.0. The Morgan fingerprint density at radius 2 is 2.04 bits per heavy atom. The first-order valence-electron chi connectivity index (χ1n) is 8.38. The minimum atomic E-state index is -3.59. The van der Waals surface area contributed by atoms with Crippen LogP contribution < -0.4 is 5.32 Å². The zero-order valence-electron chi connectivity index (χ0n) is 14.1. The monoisotopic (exact) mass is 378 g/mol. The SMILES string of the molecule is CC(CNC(=O)C1CCCN1S(=O)(=O)c1cccs1)c1ccccc1. The first-order valence-corrected chi connectivity index (χ1v) is 10.7. The Balaban J connectivity index is 1.65. The lowest BCUT2D eigenvalue weighted by Crippen LogP contribution is -2.46. The van der Waals surface area contributed by atoms with Crippen molar-refractivity contribution in [1.82, 2.24) is 9.62 Å². The van der Waals surface area contributed by atoms with Crippen LogP contribution in [0.1, 0.15) is 31.2 Å². The van der Waals surface area contributed by atoms with Gasteiger partial charge in [0.15, 0.2) is 0 Å². The molecule has 1 N–H and O–H groups in total. The lowest BCUT2D eigenvalue weighted by atomic mass is 10.0. The number of carbonyl (C=O) groups is 1. The van der Waals surface area contributed by atoms with Gasteiger partial charge < -0.3 is 5.32 Å². The highest BCUT2D eigenvalue weighted by molar-refractivity contribution is 7.91. The predicted octanol–water partition coefficient (Wildman–Crippen LogP) is 2.82. The summed E-state index contributed by atoms with van der Waals surface area (Å²) in [5.74, 6) is -0.0330. The minimum absolute atomic E-state index is 0.175. The van der Waals surface area contributed by atoms with Gasteiger partial charge in [0.2, 0.25) is 5.91 Å². The van der Waals surface area contributed by atoms with Crippen LogP contribution in [0.15, 0.2) is 52.1 Å². The Bertz CT molecular complexity index is 804. The fourth-order valence-electron chi connectivity index (χ4n) is 3.09. The predicted molar refractivity (Wildman–Crippen MR) is 99.1 cm³/mol. The van der Waals surface area contributed by atoms with Gasteiger partial charge in [-0.3, -0.25) is 4.79 Å². The van der Waals surface area contributed by atoms with Gasteiger partial charge in [-0.15, -0.1) is 11.3 Å². The number of hydrogen-bond donors (Lipinski definition) is 1. The summed E-state index contributed by atoms with van der Waals surface area (Å²) in [7, 11) is -3.59. The Kier molecular flexibility index (Phi) is 5.56. The molecule has 0 aliphatic carbocycles. The number of hydrogen-bond acceptors (Lipinski definition) is 4. The summed E-state index contributed by atoms with van der Waals surface area (Å²) in [6.07, 6.45) is 1.27. The molecule has 134 valence electrons. The highest BCUT2D eigenvalue weighted by Gasteiger charge is 2.39. The summed E-state index contributed by atoms with van der Waals surface area (Å²) in [6.45, 7) is 2.93. The van der Waals surface area contributed by atoms with Crippen molar-refractivity contribution >= 4 is 27.3 Å². The van der Waals surface area contributed by atoms with Crippen molar-refractivity contribution in [1.29, 1.82) is 0 Å². The minimum Gasteiger partial charge on any atom is -0.354 e. The highest BCUT2D eigenvalue weighted by atomic mass is 32.2. The first kappa shape index (κ1) is 18.1. The van der Waals surface area contributed by atoms with Crippen LogP contribution in [0.3, 0.4) is 0 Å². The third-order valence-corrected chi connectivity index (χ3v) is 7.80. The number of nitrogens with one attached hydrogen (secondary N) is 1. The van der Waals surface area contributed by atoms with Crippen molar-refractivity contribution in [3.63, 3.8) is 0 Å². The number of sulfonamides is 1. The van der Waals surface area contributed by atoms with Crippen molar-refractivity contribution in [3.8, 4) is 0 Å². The molecule has 1 aromatic heterocycles. The van der Waals surface area contributed by atoms with Gasteiger partial charge >= 0.3 is 0 Å². The summed E-state index contributed by atoms with van der Waals surface area (Å²) < 4.78 is 27.1. The molecule has 1 aliphatic rings. The average Bonchev–Trinajstić information content (AvgIpc) is 3.31. The molecule has 2 aromatic rings. The van der Waals surface area contributed by atoms with E-state index in [0.717, 1.165) is 5.56 Å². The van der Waals surface area contributed by atoms with Gasteiger partial charge in [-0.1, -0.05) is 43.3 Å². The van der Waals surface area contributed by atoms with E-state index in [1.54, 1.807) is 17.5 Å². The molecule has 1 saturated heterocycles. The molecule has 3 rings (SSSR count). The van der Waals surface area contributed by atoms with Gasteiger partial charge in [0, 0.05) is 13.1 Å². The molecular weight excluding hydrogens is 356 g/mol. The molecule has 0 spiro atoms. The zero-order chi connectivity index (χ0) is 17.9. The van der Waals surface area contributed by atoms with Crippen LogP contribution in [-0.2, 0) is 14.8 Å². The van der Waals surface area contributed by atoms with E-state index < -0.39 is 16.1 Å². The van der Waals surface area contributed by atoms with Crippen LogP contribution in [0.4, 0.5) is 0 Å². The van der Waals surface area contributed by atoms with Gasteiger partial charge in [-0.2, -0.15) is 4.31 Å².